The number of carboxylic acids is 1. The van der Waals surface area contributed by atoms with Crippen molar-refractivity contribution in [2.24, 2.45) is 0 Å². The highest BCUT2D eigenvalue weighted by Crippen LogP contribution is 2.26. The standard InChI is InChI=1S/C14H13BrO3S/c1-9(14(16)17)19-8-12-6-7-13(18-12)10-2-4-11(15)5-3-10/h2-7,9H,8H2,1H3,(H,16,17). The Morgan fingerprint density at radius 2 is 2.00 bits per heavy atom. The quantitative estimate of drug-likeness (QED) is 0.875. The van der Waals surface area contributed by atoms with Crippen LogP contribution in [0, 0.1) is 0 Å². The van der Waals surface area contributed by atoms with Crippen LogP contribution in [0.15, 0.2) is 45.3 Å². The Bertz CT molecular complexity index is 562. The highest BCUT2D eigenvalue weighted by atomic mass is 79.9. The predicted molar refractivity (Wildman–Crippen MR) is 80.2 cm³/mol. The van der Waals surface area contributed by atoms with Gasteiger partial charge in [-0.1, -0.05) is 28.1 Å². The maximum absolute atomic E-state index is 10.7. The molecule has 1 aromatic carbocycles. The maximum Gasteiger partial charge on any atom is 0.316 e. The van der Waals surface area contributed by atoms with E-state index in [9.17, 15) is 4.79 Å². The molecule has 1 N–H and O–H groups in total. The topological polar surface area (TPSA) is 50.4 Å². The van der Waals surface area contributed by atoms with Gasteiger partial charge in [0.05, 0.1) is 11.0 Å². The van der Waals surface area contributed by atoms with Gasteiger partial charge in [-0.25, -0.2) is 0 Å². The maximum atomic E-state index is 10.7. The largest absolute Gasteiger partial charge is 0.480 e. The molecule has 0 spiro atoms. The van der Waals surface area contributed by atoms with Gasteiger partial charge in [0.25, 0.3) is 0 Å². The van der Waals surface area contributed by atoms with Gasteiger partial charge in [0.15, 0.2) is 0 Å². The fourth-order valence-corrected chi connectivity index (χ4v) is 2.48. The monoisotopic (exact) mass is 340 g/mol. The highest BCUT2D eigenvalue weighted by molar-refractivity contribution is 9.10. The van der Waals surface area contributed by atoms with Gasteiger partial charge in [-0.15, -0.1) is 11.8 Å². The second-order valence-electron chi connectivity index (χ2n) is 4.06. The van der Waals surface area contributed by atoms with Crippen molar-refractivity contribution in [3.63, 3.8) is 0 Å². The summed E-state index contributed by atoms with van der Waals surface area (Å²) in [5.74, 6) is 1.34. The lowest BCUT2D eigenvalue weighted by atomic mass is 10.2. The normalized spacial score (nSPS) is 12.3. The molecule has 0 saturated heterocycles. The van der Waals surface area contributed by atoms with Gasteiger partial charge >= 0.3 is 5.97 Å². The number of hydrogen-bond donors (Lipinski definition) is 1. The van der Waals surface area contributed by atoms with Crippen LogP contribution in [0.3, 0.4) is 0 Å². The summed E-state index contributed by atoms with van der Waals surface area (Å²) in [4.78, 5) is 10.7. The lowest BCUT2D eigenvalue weighted by Crippen LogP contribution is -2.11. The molecule has 0 aliphatic rings. The van der Waals surface area contributed by atoms with E-state index in [1.807, 2.05) is 36.4 Å². The van der Waals surface area contributed by atoms with Crippen molar-refractivity contribution in [2.75, 3.05) is 0 Å². The molecule has 2 rings (SSSR count). The molecule has 0 saturated carbocycles. The smallest absolute Gasteiger partial charge is 0.316 e. The summed E-state index contributed by atoms with van der Waals surface area (Å²) in [6.45, 7) is 1.67. The third-order valence-corrected chi connectivity index (χ3v) is 4.30. The molecule has 1 unspecified atom stereocenters. The fraction of sp³-hybridized carbons (Fsp3) is 0.214. The van der Waals surface area contributed by atoms with Gasteiger partial charge in [-0.05, 0) is 31.2 Å². The number of aliphatic carboxylic acids is 1. The summed E-state index contributed by atoms with van der Waals surface area (Å²) in [7, 11) is 0. The Balaban J connectivity index is 2.03. The number of halogens is 1. The Morgan fingerprint density at radius 3 is 2.63 bits per heavy atom. The zero-order chi connectivity index (χ0) is 13.8. The van der Waals surface area contributed by atoms with E-state index in [0.29, 0.717) is 5.75 Å². The number of thioether (sulfide) groups is 1. The van der Waals surface area contributed by atoms with E-state index in [1.54, 1.807) is 6.92 Å². The van der Waals surface area contributed by atoms with Crippen LogP contribution < -0.4 is 0 Å². The molecule has 1 aromatic heterocycles. The summed E-state index contributed by atoms with van der Waals surface area (Å²) < 4.78 is 6.73. The summed E-state index contributed by atoms with van der Waals surface area (Å²) in [5, 5.41) is 8.38. The van der Waals surface area contributed by atoms with Crippen molar-refractivity contribution >= 4 is 33.7 Å². The van der Waals surface area contributed by atoms with Crippen LogP contribution in [-0.2, 0) is 10.5 Å². The SMILES string of the molecule is CC(SCc1ccc(-c2ccc(Br)cc2)o1)C(=O)O. The number of hydrogen-bond acceptors (Lipinski definition) is 3. The second-order valence-corrected chi connectivity index (χ2v) is 6.31. The van der Waals surface area contributed by atoms with Crippen LogP contribution in [0.1, 0.15) is 12.7 Å². The van der Waals surface area contributed by atoms with Gasteiger partial charge in [0, 0.05) is 10.0 Å². The molecule has 0 fully saturated rings. The molecule has 0 aliphatic heterocycles. The minimum absolute atomic E-state index is 0.429. The van der Waals surface area contributed by atoms with Crippen molar-refractivity contribution in [3.8, 4) is 11.3 Å². The summed E-state index contributed by atoms with van der Waals surface area (Å²) >= 11 is 4.74. The average Bonchev–Trinajstić information content (AvgIpc) is 2.85. The van der Waals surface area contributed by atoms with Crippen LogP contribution >= 0.6 is 27.7 Å². The van der Waals surface area contributed by atoms with Gasteiger partial charge in [0.2, 0.25) is 0 Å². The third-order valence-electron chi connectivity index (χ3n) is 2.61. The van der Waals surface area contributed by atoms with E-state index in [1.165, 1.54) is 11.8 Å². The van der Waals surface area contributed by atoms with Gasteiger partial charge in [-0.2, -0.15) is 0 Å². The molecule has 0 bridgehead atoms. The van der Waals surface area contributed by atoms with Crippen LogP contribution in [0.25, 0.3) is 11.3 Å². The van der Waals surface area contributed by atoms with Gasteiger partial charge in [0.1, 0.15) is 11.5 Å². The van der Waals surface area contributed by atoms with Crippen LogP contribution in [-0.4, -0.2) is 16.3 Å². The molecule has 1 heterocycles. The molecular weight excluding hydrogens is 328 g/mol. The van der Waals surface area contributed by atoms with Crippen molar-refractivity contribution in [2.45, 2.75) is 17.9 Å². The first kappa shape index (κ1) is 14.2. The molecule has 3 nitrogen and oxygen atoms in total. The van der Waals surface area contributed by atoms with Crippen molar-refractivity contribution in [3.05, 3.63) is 46.6 Å². The number of carbonyl (C=O) groups is 1. The van der Waals surface area contributed by atoms with Crippen LogP contribution in [0.2, 0.25) is 0 Å². The molecule has 2 aromatic rings. The summed E-state index contributed by atoms with van der Waals surface area (Å²) in [6, 6.07) is 11.7. The third kappa shape index (κ3) is 3.88. The second kappa shape index (κ2) is 6.30. The molecule has 1 atom stereocenters. The van der Waals surface area contributed by atoms with Crippen molar-refractivity contribution < 1.29 is 14.3 Å². The Labute approximate surface area is 124 Å². The lowest BCUT2D eigenvalue weighted by Gasteiger charge is -2.03. The fourth-order valence-electron chi connectivity index (χ4n) is 1.50. The number of rotatable bonds is 5. The molecule has 19 heavy (non-hydrogen) atoms. The van der Waals surface area contributed by atoms with Crippen LogP contribution in [0.5, 0.6) is 0 Å². The minimum Gasteiger partial charge on any atom is -0.480 e. The molecule has 0 aliphatic carbocycles. The molecule has 5 heteroatoms. The first-order valence-electron chi connectivity index (χ1n) is 5.75. The Hall–Kier alpha value is -1.20. The summed E-state index contributed by atoms with van der Waals surface area (Å²) in [6.07, 6.45) is 0. The Kier molecular flexibility index (Phi) is 4.71. The number of carboxylic acid groups (broad SMARTS) is 1. The molecule has 0 amide bonds. The Morgan fingerprint density at radius 1 is 1.32 bits per heavy atom. The number of benzene rings is 1. The van der Waals surface area contributed by atoms with E-state index < -0.39 is 11.2 Å². The van der Waals surface area contributed by atoms with E-state index in [4.69, 9.17) is 9.52 Å². The minimum atomic E-state index is -0.801. The van der Waals surface area contributed by atoms with Crippen LogP contribution in [0.4, 0.5) is 0 Å². The zero-order valence-electron chi connectivity index (χ0n) is 10.3. The first-order chi connectivity index (χ1) is 9.06. The zero-order valence-corrected chi connectivity index (χ0v) is 12.7. The lowest BCUT2D eigenvalue weighted by molar-refractivity contribution is -0.136. The molecular formula is C14H13BrO3S. The van der Waals surface area contributed by atoms with E-state index in [0.717, 1.165) is 21.6 Å². The van der Waals surface area contributed by atoms with E-state index in [-0.39, 0.29) is 0 Å². The molecule has 100 valence electrons. The van der Waals surface area contributed by atoms with E-state index in [2.05, 4.69) is 15.9 Å². The first-order valence-corrected chi connectivity index (χ1v) is 7.59. The summed E-state index contributed by atoms with van der Waals surface area (Å²) in [5.41, 5.74) is 1.01. The highest BCUT2D eigenvalue weighted by Gasteiger charge is 2.12. The van der Waals surface area contributed by atoms with Crippen molar-refractivity contribution in [1.29, 1.82) is 0 Å². The van der Waals surface area contributed by atoms with Gasteiger partial charge in [-0.3, -0.25) is 4.79 Å². The van der Waals surface area contributed by atoms with Crippen molar-refractivity contribution in [1.82, 2.24) is 0 Å². The average molecular weight is 341 g/mol. The van der Waals surface area contributed by atoms with E-state index >= 15 is 0 Å². The van der Waals surface area contributed by atoms with Gasteiger partial charge < -0.3 is 9.52 Å². The molecule has 0 radical (unpaired) electrons. The number of furan rings is 1. The predicted octanol–water partition coefficient (Wildman–Crippen LogP) is 4.42.